The van der Waals surface area contributed by atoms with Gasteiger partial charge in [-0.25, -0.2) is 0 Å². The Labute approximate surface area is 78.2 Å². The summed E-state index contributed by atoms with van der Waals surface area (Å²) >= 11 is 0. The third-order valence-electron chi connectivity index (χ3n) is 1.88. The molecular formula is C10H14N2O. The molecular weight excluding hydrogens is 164 g/mol. The SMILES string of the molecule is CCC(=O)N[C@H](C)c1cccnc1. The molecule has 0 aromatic carbocycles. The van der Waals surface area contributed by atoms with Gasteiger partial charge in [-0.2, -0.15) is 0 Å². The molecule has 1 heterocycles. The highest BCUT2D eigenvalue weighted by molar-refractivity contribution is 5.75. The Bertz CT molecular complexity index is 272. The fourth-order valence-corrected chi connectivity index (χ4v) is 1.06. The maximum atomic E-state index is 11.1. The van der Waals surface area contributed by atoms with Gasteiger partial charge in [0.25, 0.3) is 0 Å². The lowest BCUT2D eigenvalue weighted by molar-refractivity contribution is -0.121. The molecule has 1 amide bonds. The Morgan fingerprint density at radius 3 is 3.00 bits per heavy atom. The van der Waals surface area contributed by atoms with Crippen LogP contribution in [-0.4, -0.2) is 10.9 Å². The molecule has 1 aromatic heterocycles. The largest absolute Gasteiger partial charge is 0.350 e. The van der Waals surface area contributed by atoms with E-state index in [9.17, 15) is 4.79 Å². The van der Waals surface area contributed by atoms with E-state index in [1.807, 2.05) is 26.0 Å². The van der Waals surface area contributed by atoms with E-state index in [0.717, 1.165) is 5.56 Å². The van der Waals surface area contributed by atoms with Crippen LogP contribution in [-0.2, 0) is 4.79 Å². The molecule has 13 heavy (non-hydrogen) atoms. The Hall–Kier alpha value is -1.38. The van der Waals surface area contributed by atoms with Gasteiger partial charge in [-0.05, 0) is 18.6 Å². The van der Waals surface area contributed by atoms with Crippen LogP contribution in [0.4, 0.5) is 0 Å². The molecule has 1 N–H and O–H groups in total. The molecule has 70 valence electrons. The monoisotopic (exact) mass is 178 g/mol. The summed E-state index contributed by atoms with van der Waals surface area (Å²) in [5.41, 5.74) is 1.03. The lowest BCUT2D eigenvalue weighted by atomic mass is 10.1. The van der Waals surface area contributed by atoms with Gasteiger partial charge in [-0.1, -0.05) is 13.0 Å². The summed E-state index contributed by atoms with van der Waals surface area (Å²) in [6.07, 6.45) is 4.00. The van der Waals surface area contributed by atoms with E-state index in [1.54, 1.807) is 12.4 Å². The number of nitrogens with one attached hydrogen (secondary N) is 1. The van der Waals surface area contributed by atoms with Gasteiger partial charge in [0, 0.05) is 18.8 Å². The first kappa shape index (κ1) is 9.71. The van der Waals surface area contributed by atoms with Crippen LogP contribution in [0.25, 0.3) is 0 Å². The van der Waals surface area contributed by atoms with Crippen molar-refractivity contribution in [2.75, 3.05) is 0 Å². The summed E-state index contributed by atoms with van der Waals surface area (Å²) in [5, 5.41) is 2.87. The molecule has 1 atom stereocenters. The summed E-state index contributed by atoms with van der Waals surface area (Å²) in [4.78, 5) is 15.1. The van der Waals surface area contributed by atoms with Crippen LogP contribution in [0.3, 0.4) is 0 Å². The van der Waals surface area contributed by atoms with Crippen LogP contribution in [0.1, 0.15) is 31.9 Å². The average molecular weight is 178 g/mol. The number of aromatic nitrogens is 1. The molecule has 3 heteroatoms. The van der Waals surface area contributed by atoms with Gasteiger partial charge >= 0.3 is 0 Å². The van der Waals surface area contributed by atoms with Crippen molar-refractivity contribution in [3.63, 3.8) is 0 Å². The van der Waals surface area contributed by atoms with Crippen LogP contribution >= 0.6 is 0 Å². The number of amides is 1. The average Bonchev–Trinajstić information content (AvgIpc) is 2.19. The van der Waals surface area contributed by atoms with E-state index in [2.05, 4.69) is 10.3 Å². The third-order valence-corrected chi connectivity index (χ3v) is 1.88. The Morgan fingerprint density at radius 1 is 1.69 bits per heavy atom. The number of hydrogen-bond acceptors (Lipinski definition) is 2. The van der Waals surface area contributed by atoms with Crippen molar-refractivity contribution in [1.29, 1.82) is 0 Å². The first-order chi connectivity index (χ1) is 6.24. The molecule has 0 unspecified atom stereocenters. The first-order valence-electron chi connectivity index (χ1n) is 4.43. The summed E-state index contributed by atoms with van der Waals surface area (Å²) in [7, 11) is 0. The van der Waals surface area contributed by atoms with E-state index in [0.29, 0.717) is 6.42 Å². The highest BCUT2D eigenvalue weighted by Crippen LogP contribution is 2.09. The molecule has 1 rings (SSSR count). The Balaban J connectivity index is 2.59. The van der Waals surface area contributed by atoms with Gasteiger partial charge in [-0.3, -0.25) is 9.78 Å². The Morgan fingerprint density at radius 2 is 2.46 bits per heavy atom. The van der Waals surface area contributed by atoms with E-state index in [1.165, 1.54) is 0 Å². The second-order valence-electron chi connectivity index (χ2n) is 2.93. The highest BCUT2D eigenvalue weighted by Gasteiger charge is 2.06. The smallest absolute Gasteiger partial charge is 0.220 e. The predicted octanol–water partition coefficient (Wildman–Crippen LogP) is 1.67. The second-order valence-corrected chi connectivity index (χ2v) is 2.93. The lowest BCUT2D eigenvalue weighted by Gasteiger charge is -2.12. The van der Waals surface area contributed by atoms with Crippen molar-refractivity contribution in [3.8, 4) is 0 Å². The van der Waals surface area contributed by atoms with E-state index >= 15 is 0 Å². The van der Waals surface area contributed by atoms with Crippen LogP contribution in [0, 0.1) is 0 Å². The van der Waals surface area contributed by atoms with Gasteiger partial charge in [0.1, 0.15) is 0 Å². The summed E-state index contributed by atoms with van der Waals surface area (Å²) < 4.78 is 0. The maximum absolute atomic E-state index is 11.1. The van der Waals surface area contributed by atoms with Crippen molar-refractivity contribution in [1.82, 2.24) is 10.3 Å². The zero-order valence-corrected chi connectivity index (χ0v) is 7.95. The fraction of sp³-hybridized carbons (Fsp3) is 0.400. The molecule has 0 aliphatic heterocycles. The number of carbonyl (C=O) groups excluding carboxylic acids is 1. The van der Waals surface area contributed by atoms with Crippen LogP contribution in [0.15, 0.2) is 24.5 Å². The maximum Gasteiger partial charge on any atom is 0.220 e. The minimum atomic E-state index is 0.0427. The van der Waals surface area contributed by atoms with Crippen LogP contribution in [0.5, 0.6) is 0 Å². The van der Waals surface area contributed by atoms with Crippen LogP contribution < -0.4 is 5.32 Å². The van der Waals surface area contributed by atoms with Crippen molar-refractivity contribution < 1.29 is 4.79 Å². The normalized spacial score (nSPS) is 12.2. The van der Waals surface area contributed by atoms with Gasteiger partial charge in [-0.15, -0.1) is 0 Å². The molecule has 0 radical (unpaired) electrons. The number of carbonyl (C=O) groups is 1. The van der Waals surface area contributed by atoms with E-state index < -0.39 is 0 Å². The van der Waals surface area contributed by atoms with Crippen molar-refractivity contribution in [2.45, 2.75) is 26.3 Å². The molecule has 1 aromatic rings. The molecule has 3 nitrogen and oxygen atoms in total. The molecule has 0 bridgehead atoms. The molecule has 0 aliphatic carbocycles. The van der Waals surface area contributed by atoms with Gasteiger partial charge in [0.2, 0.25) is 5.91 Å². The summed E-state index contributed by atoms with van der Waals surface area (Å²) in [5.74, 6) is 0.0661. The van der Waals surface area contributed by atoms with Crippen LogP contribution in [0.2, 0.25) is 0 Å². The van der Waals surface area contributed by atoms with Crippen molar-refractivity contribution >= 4 is 5.91 Å². The molecule has 0 fully saturated rings. The van der Waals surface area contributed by atoms with Gasteiger partial charge in [0.05, 0.1) is 6.04 Å². The number of pyridine rings is 1. The van der Waals surface area contributed by atoms with E-state index in [4.69, 9.17) is 0 Å². The topological polar surface area (TPSA) is 42.0 Å². The van der Waals surface area contributed by atoms with Gasteiger partial charge < -0.3 is 5.32 Å². The molecule has 0 spiro atoms. The van der Waals surface area contributed by atoms with Crippen molar-refractivity contribution in [3.05, 3.63) is 30.1 Å². The zero-order valence-electron chi connectivity index (χ0n) is 7.95. The second kappa shape index (κ2) is 4.60. The highest BCUT2D eigenvalue weighted by atomic mass is 16.1. The fourth-order valence-electron chi connectivity index (χ4n) is 1.06. The van der Waals surface area contributed by atoms with E-state index in [-0.39, 0.29) is 11.9 Å². The summed E-state index contributed by atoms with van der Waals surface area (Å²) in [6.45, 7) is 3.79. The van der Waals surface area contributed by atoms with Gasteiger partial charge in [0.15, 0.2) is 0 Å². The Kier molecular flexibility index (Phi) is 3.43. The first-order valence-corrected chi connectivity index (χ1v) is 4.43. The number of hydrogen-bond donors (Lipinski definition) is 1. The van der Waals surface area contributed by atoms with Crippen molar-refractivity contribution in [2.24, 2.45) is 0 Å². The lowest BCUT2D eigenvalue weighted by Crippen LogP contribution is -2.25. The number of rotatable bonds is 3. The predicted molar refractivity (Wildman–Crippen MR) is 51.1 cm³/mol. The quantitative estimate of drug-likeness (QED) is 0.765. The summed E-state index contributed by atoms with van der Waals surface area (Å²) in [6, 6.07) is 3.86. The number of nitrogens with zero attached hydrogens (tertiary/aromatic N) is 1. The third kappa shape index (κ3) is 2.86. The molecule has 0 saturated carbocycles. The standard InChI is InChI=1S/C10H14N2O/c1-3-10(13)12-8(2)9-5-4-6-11-7-9/h4-8H,3H2,1-2H3,(H,12,13)/t8-/m1/s1. The minimum Gasteiger partial charge on any atom is -0.350 e. The minimum absolute atomic E-state index is 0.0427. The molecule has 0 aliphatic rings. The zero-order chi connectivity index (χ0) is 9.68. The molecule has 0 saturated heterocycles.